The first-order chi connectivity index (χ1) is 7.41. The summed E-state index contributed by atoms with van der Waals surface area (Å²) in [6, 6.07) is 0.193. The first kappa shape index (κ1) is 12.4. The second-order valence-electron chi connectivity index (χ2n) is 4.17. The highest BCUT2D eigenvalue weighted by molar-refractivity contribution is 5.97. The molecule has 0 saturated heterocycles. The van der Waals surface area contributed by atoms with Gasteiger partial charge in [0.05, 0.1) is 17.7 Å². The topological polar surface area (TPSA) is 72.2 Å². The molecule has 0 amide bonds. The van der Waals surface area contributed by atoms with E-state index in [1.54, 1.807) is 10.9 Å². The summed E-state index contributed by atoms with van der Waals surface area (Å²) in [7, 11) is 0. The summed E-state index contributed by atoms with van der Waals surface area (Å²) in [5.41, 5.74) is 0.474. The molecule has 1 atom stereocenters. The fraction of sp³-hybridized carbons (Fsp3) is 0.545. The van der Waals surface area contributed by atoms with Crippen LogP contribution >= 0.6 is 0 Å². The highest BCUT2D eigenvalue weighted by atomic mass is 16.4. The van der Waals surface area contributed by atoms with Crippen molar-refractivity contribution >= 4 is 11.8 Å². The van der Waals surface area contributed by atoms with Gasteiger partial charge >= 0.3 is 5.97 Å². The predicted octanol–water partition coefficient (Wildman–Crippen LogP) is 1.76. The summed E-state index contributed by atoms with van der Waals surface area (Å²) < 4.78 is 1.68. The average molecular weight is 224 g/mol. The zero-order valence-electron chi connectivity index (χ0n) is 9.67. The van der Waals surface area contributed by atoms with Gasteiger partial charge in [0, 0.05) is 18.7 Å². The van der Waals surface area contributed by atoms with Crippen LogP contribution in [0.25, 0.3) is 0 Å². The van der Waals surface area contributed by atoms with Gasteiger partial charge in [-0.25, -0.2) is 0 Å². The number of ketones is 1. The molecule has 1 rings (SSSR count). The van der Waals surface area contributed by atoms with Gasteiger partial charge < -0.3 is 5.11 Å². The van der Waals surface area contributed by atoms with Crippen molar-refractivity contribution in [1.29, 1.82) is 0 Å². The summed E-state index contributed by atoms with van der Waals surface area (Å²) in [4.78, 5) is 22.3. The van der Waals surface area contributed by atoms with E-state index >= 15 is 0 Å². The molecule has 0 aliphatic carbocycles. The number of carbonyl (C=O) groups excluding carboxylic acids is 1. The maximum absolute atomic E-state index is 11.7. The fourth-order valence-corrected chi connectivity index (χ4v) is 1.25. The van der Waals surface area contributed by atoms with E-state index in [0.29, 0.717) is 5.56 Å². The van der Waals surface area contributed by atoms with Crippen molar-refractivity contribution in [2.24, 2.45) is 5.92 Å². The Morgan fingerprint density at radius 2 is 2.06 bits per heavy atom. The van der Waals surface area contributed by atoms with E-state index in [0.717, 1.165) is 0 Å². The van der Waals surface area contributed by atoms with Crippen molar-refractivity contribution in [3.63, 3.8) is 0 Å². The second-order valence-corrected chi connectivity index (χ2v) is 4.17. The third-order valence-electron chi connectivity index (χ3n) is 2.37. The maximum atomic E-state index is 11.7. The van der Waals surface area contributed by atoms with Gasteiger partial charge in [-0.2, -0.15) is 5.10 Å². The van der Waals surface area contributed by atoms with Crippen molar-refractivity contribution in [2.45, 2.75) is 33.2 Å². The van der Waals surface area contributed by atoms with E-state index in [1.807, 2.05) is 13.8 Å². The Morgan fingerprint density at radius 3 is 2.50 bits per heavy atom. The quantitative estimate of drug-likeness (QED) is 0.773. The van der Waals surface area contributed by atoms with Gasteiger partial charge in [0.1, 0.15) is 0 Å². The Balaban J connectivity index is 2.70. The minimum atomic E-state index is -0.954. The lowest BCUT2D eigenvalue weighted by atomic mass is 10.0. The Labute approximate surface area is 94.1 Å². The van der Waals surface area contributed by atoms with Gasteiger partial charge in [-0.1, -0.05) is 6.92 Å². The van der Waals surface area contributed by atoms with Crippen LogP contribution in [-0.2, 0) is 4.79 Å². The van der Waals surface area contributed by atoms with Crippen LogP contribution in [0.2, 0.25) is 0 Å². The number of hydrogen-bond donors (Lipinski definition) is 1. The molecule has 0 bridgehead atoms. The summed E-state index contributed by atoms with van der Waals surface area (Å²) >= 11 is 0. The normalized spacial score (nSPS) is 12.8. The molecule has 0 aliphatic heterocycles. The molecule has 1 aromatic heterocycles. The smallest absolute Gasteiger partial charge is 0.306 e. The van der Waals surface area contributed by atoms with Gasteiger partial charge in [-0.05, 0) is 13.8 Å². The molecule has 5 heteroatoms. The lowest BCUT2D eigenvalue weighted by Gasteiger charge is -2.04. The standard InChI is InChI=1S/C11H16N2O3/c1-7(2)13-6-9(5-12-13)10(14)4-8(3)11(15)16/h5-8H,4H2,1-3H3,(H,15,16). The van der Waals surface area contributed by atoms with Crippen molar-refractivity contribution in [2.75, 3.05) is 0 Å². The molecule has 16 heavy (non-hydrogen) atoms. The molecule has 5 nitrogen and oxygen atoms in total. The number of nitrogens with zero attached hydrogens (tertiary/aromatic N) is 2. The number of Topliss-reactive ketones (excluding diaryl/α,β-unsaturated/α-hetero) is 1. The minimum absolute atomic E-state index is 0.0130. The van der Waals surface area contributed by atoms with E-state index in [9.17, 15) is 9.59 Å². The number of carbonyl (C=O) groups is 2. The van der Waals surface area contributed by atoms with Crippen molar-refractivity contribution in [3.8, 4) is 0 Å². The Hall–Kier alpha value is -1.65. The molecule has 1 aromatic rings. The Morgan fingerprint density at radius 1 is 1.44 bits per heavy atom. The van der Waals surface area contributed by atoms with Gasteiger partial charge in [0.2, 0.25) is 0 Å². The second kappa shape index (κ2) is 4.92. The number of carboxylic acids is 1. The van der Waals surface area contributed by atoms with E-state index in [2.05, 4.69) is 5.10 Å². The van der Waals surface area contributed by atoms with Crippen LogP contribution in [0.5, 0.6) is 0 Å². The van der Waals surface area contributed by atoms with Crippen molar-refractivity contribution < 1.29 is 14.7 Å². The lowest BCUT2D eigenvalue weighted by molar-refractivity contribution is -0.141. The largest absolute Gasteiger partial charge is 0.481 e. The van der Waals surface area contributed by atoms with E-state index < -0.39 is 11.9 Å². The van der Waals surface area contributed by atoms with Gasteiger partial charge in [-0.15, -0.1) is 0 Å². The van der Waals surface area contributed by atoms with Gasteiger partial charge in [-0.3, -0.25) is 14.3 Å². The predicted molar refractivity (Wildman–Crippen MR) is 58.4 cm³/mol. The van der Waals surface area contributed by atoms with E-state index in [4.69, 9.17) is 5.11 Å². The number of rotatable bonds is 5. The molecular weight excluding hydrogens is 208 g/mol. The highest BCUT2D eigenvalue weighted by Crippen LogP contribution is 2.11. The molecule has 0 saturated carbocycles. The molecule has 0 aliphatic rings. The molecule has 0 radical (unpaired) electrons. The van der Waals surface area contributed by atoms with Crippen molar-refractivity contribution in [3.05, 3.63) is 18.0 Å². The highest BCUT2D eigenvalue weighted by Gasteiger charge is 2.18. The van der Waals surface area contributed by atoms with Gasteiger partial charge in [0.25, 0.3) is 0 Å². The average Bonchev–Trinajstić information content (AvgIpc) is 2.65. The third-order valence-corrected chi connectivity index (χ3v) is 2.37. The first-order valence-electron chi connectivity index (χ1n) is 5.22. The summed E-state index contributed by atoms with van der Waals surface area (Å²) in [6.07, 6.45) is 3.15. The minimum Gasteiger partial charge on any atom is -0.481 e. The van der Waals surface area contributed by atoms with Gasteiger partial charge in [0.15, 0.2) is 5.78 Å². The Kier molecular flexibility index (Phi) is 3.82. The van der Waals surface area contributed by atoms with Crippen LogP contribution in [-0.4, -0.2) is 26.6 Å². The molecule has 88 valence electrons. The Bertz CT molecular complexity index is 396. The number of carboxylic acid groups (broad SMARTS) is 1. The summed E-state index contributed by atoms with van der Waals surface area (Å²) in [5.74, 6) is -1.79. The van der Waals surface area contributed by atoms with Crippen LogP contribution in [0.4, 0.5) is 0 Å². The lowest BCUT2D eigenvalue weighted by Crippen LogP contribution is -2.14. The molecular formula is C11H16N2O3. The number of hydrogen-bond acceptors (Lipinski definition) is 3. The van der Waals surface area contributed by atoms with Crippen LogP contribution in [0.1, 0.15) is 43.6 Å². The number of aliphatic carboxylic acids is 1. The maximum Gasteiger partial charge on any atom is 0.306 e. The fourth-order valence-electron chi connectivity index (χ4n) is 1.25. The molecule has 0 fully saturated rings. The van der Waals surface area contributed by atoms with Crippen molar-refractivity contribution in [1.82, 2.24) is 9.78 Å². The SMILES string of the molecule is CC(CC(=O)c1cnn(C(C)C)c1)C(=O)O. The van der Waals surface area contributed by atoms with Crippen LogP contribution in [0.15, 0.2) is 12.4 Å². The monoisotopic (exact) mass is 224 g/mol. The number of aromatic nitrogens is 2. The molecule has 1 N–H and O–H groups in total. The van der Waals surface area contributed by atoms with Crippen LogP contribution in [0.3, 0.4) is 0 Å². The zero-order valence-corrected chi connectivity index (χ0v) is 9.67. The molecule has 0 spiro atoms. The summed E-state index contributed by atoms with van der Waals surface area (Å²) in [6.45, 7) is 5.44. The third kappa shape index (κ3) is 2.92. The van der Waals surface area contributed by atoms with E-state index in [-0.39, 0.29) is 18.2 Å². The summed E-state index contributed by atoms with van der Waals surface area (Å²) in [5, 5.41) is 12.7. The molecule has 1 heterocycles. The molecule has 0 aromatic carbocycles. The zero-order chi connectivity index (χ0) is 12.3. The first-order valence-corrected chi connectivity index (χ1v) is 5.22. The van der Waals surface area contributed by atoms with Crippen LogP contribution in [0, 0.1) is 5.92 Å². The molecule has 1 unspecified atom stereocenters. The van der Waals surface area contributed by atoms with Crippen LogP contribution < -0.4 is 0 Å². The van der Waals surface area contributed by atoms with E-state index in [1.165, 1.54) is 13.1 Å².